The minimum atomic E-state index is -0.456. The van der Waals surface area contributed by atoms with E-state index in [0.29, 0.717) is 12.0 Å². The lowest BCUT2D eigenvalue weighted by atomic mass is 10.1. The minimum absolute atomic E-state index is 0.212. The third-order valence-corrected chi connectivity index (χ3v) is 5.61. The van der Waals surface area contributed by atoms with Gasteiger partial charge in [0, 0.05) is 15.8 Å². The van der Waals surface area contributed by atoms with E-state index in [4.69, 9.17) is 4.42 Å². The molecule has 1 aliphatic rings. The van der Waals surface area contributed by atoms with Gasteiger partial charge < -0.3 is 4.42 Å². The monoisotopic (exact) mass is 352 g/mol. The van der Waals surface area contributed by atoms with Crippen LogP contribution in [0.25, 0.3) is 11.0 Å². The molecule has 0 bridgehead atoms. The maximum absolute atomic E-state index is 12.3. The third-order valence-electron chi connectivity index (χ3n) is 4.29. The van der Waals surface area contributed by atoms with Crippen LogP contribution in [-0.2, 0) is 11.2 Å². The highest BCUT2D eigenvalue weighted by atomic mass is 32.2. The first-order valence-corrected chi connectivity index (χ1v) is 8.84. The van der Waals surface area contributed by atoms with Crippen molar-refractivity contribution in [2.24, 2.45) is 0 Å². The van der Waals surface area contributed by atoms with E-state index in [2.05, 4.69) is 10.9 Å². The van der Waals surface area contributed by atoms with Gasteiger partial charge in [0.05, 0.1) is 5.25 Å². The number of carbonyl (C=O) groups is 2. The van der Waals surface area contributed by atoms with Crippen molar-refractivity contribution in [1.82, 2.24) is 10.9 Å². The normalized spacial score (nSPS) is 15.8. The SMILES string of the molecule is Cc1c(C(=O)NNC(=O)C2Cc3ccccc3S2)oc2ccccc12. The Hall–Kier alpha value is -2.73. The molecular weight excluding hydrogens is 336 g/mol. The molecule has 2 heterocycles. The lowest BCUT2D eigenvalue weighted by molar-refractivity contribution is -0.121. The van der Waals surface area contributed by atoms with Crippen LogP contribution in [0.3, 0.4) is 0 Å². The Morgan fingerprint density at radius 2 is 1.84 bits per heavy atom. The van der Waals surface area contributed by atoms with Gasteiger partial charge in [-0.05, 0) is 31.0 Å². The highest BCUT2D eigenvalue weighted by Crippen LogP contribution is 2.36. The molecule has 0 fully saturated rings. The first-order chi connectivity index (χ1) is 12.1. The van der Waals surface area contributed by atoms with E-state index in [1.165, 1.54) is 11.8 Å². The number of rotatable bonds is 2. The van der Waals surface area contributed by atoms with Crippen LogP contribution in [0.1, 0.15) is 21.7 Å². The molecule has 0 aliphatic carbocycles. The molecule has 1 aromatic heterocycles. The van der Waals surface area contributed by atoms with Crippen molar-refractivity contribution < 1.29 is 14.0 Å². The predicted molar refractivity (Wildman–Crippen MR) is 96.4 cm³/mol. The molecule has 0 spiro atoms. The van der Waals surface area contributed by atoms with Crippen LogP contribution in [0.5, 0.6) is 0 Å². The summed E-state index contributed by atoms with van der Waals surface area (Å²) in [6.07, 6.45) is 0.659. The van der Waals surface area contributed by atoms with E-state index < -0.39 is 5.91 Å². The summed E-state index contributed by atoms with van der Waals surface area (Å²) in [6.45, 7) is 1.83. The molecule has 126 valence electrons. The molecule has 0 radical (unpaired) electrons. The van der Waals surface area contributed by atoms with Gasteiger partial charge in [-0.2, -0.15) is 0 Å². The van der Waals surface area contributed by atoms with E-state index in [1.54, 1.807) is 0 Å². The second-order valence-electron chi connectivity index (χ2n) is 5.91. The lowest BCUT2D eigenvalue weighted by Crippen LogP contribution is -2.45. The van der Waals surface area contributed by atoms with Crippen LogP contribution in [-0.4, -0.2) is 17.1 Å². The molecule has 1 unspecified atom stereocenters. The van der Waals surface area contributed by atoms with E-state index in [-0.39, 0.29) is 16.9 Å². The fraction of sp³-hybridized carbons (Fsp3) is 0.158. The summed E-state index contributed by atoms with van der Waals surface area (Å²) >= 11 is 1.51. The smallest absolute Gasteiger partial charge is 0.305 e. The molecular formula is C19H16N2O3S. The zero-order valence-electron chi connectivity index (χ0n) is 13.5. The van der Waals surface area contributed by atoms with Gasteiger partial charge in [0.2, 0.25) is 0 Å². The van der Waals surface area contributed by atoms with Crippen LogP contribution in [0.4, 0.5) is 0 Å². The molecule has 2 amide bonds. The van der Waals surface area contributed by atoms with E-state index in [1.807, 2.05) is 55.5 Å². The van der Waals surface area contributed by atoms with Crippen molar-refractivity contribution in [3.05, 3.63) is 65.4 Å². The lowest BCUT2D eigenvalue weighted by Gasteiger charge is -2.10. The van der Waals surface area contributed by atoms with Gasteiger partial charge in [0.1, 0.15) is 5.58 Å². The topological polar surface area (TPSA) is 71.3 Å². The van der Waals surface area contributed by atoms with Crippen molar-refractivity contribution in [2.45, 2.75) is 23.5 Å². The minimum Gasteiger partial charge on any atom is -0.451 e. The number of benzene rings is 2. The number of carbonyl (C=O) groups excluding carboxylic acids is 2. The van der Waals surface area contributed by atoms with Gasteiger partial charge in [-0.1, -0.05) is 36.4 Å². The summed E-state index contributed by atoms with van der Waals surface area (Å²) in [5.41, 5.74) is 7.53. The summed E-state index contributed by atoms with van der Waals surface area (Å²) in [6, 6.07) is 15.4. The van der Waals surface area contributed by atoms with Gasteiger partial charge in [0.15, 0.2) is 5.76 Å². The molecule has 6 heteroatoms. The van der Waals surface area contributed by atoms with Crippen molar-refractivity contribution in [2.75, 3.05) is 0 Å². The maximum Gasteiger partial charge on any atom is 0.305 e. The number of fused-ring (bicyclic) bond motifs is 2. The average Bonchev–Trinajstić information content (AvgIpc) is 3.21. The Kier molecular flexibility index (Phi) is 3.97. The zero-order valence-corrected chi connectivity index (χ0v) is 14.4. The average molecular weight is 352 g/mol. The van der Waals surface area contributed by atoms with E-state index >= 15 is 0 Å². The maximum atomic E-state index is 12.3. The van der Waals surface area contributed by atoms with Gasteiger partial charge in [-0.25, -0.2) is 0 Å². The number of thioether (sulfide) groups is 1. The number of furan rings is 1. The summed E-state index contributed by atoms with van der Waals surface area (Å²) < 4.78 is 5.60. The Labute approximate surface area is 148 Å². The number of amides is 2. The molecule has 25 heavy (non-hydrogen) atoms. The highest BCUT2D eigenvalue weighted by molar-refractivity contribution is 8.01. The van der Waals surface area contributed by atoms with Crippen LogP contribution >= 0.6 is 11.8 Å². The molecule has 2 N–H and O–H groups in total. The highest BCUT2D eigenvalue weighted by Gasteiger charge is 2.28. The van der Waals surface area contributed by atoms with Crippen molar-refractivity contribution in [3.63, 3.8) is 0 Å². The molecule has 2 aromatic carbocycles. The Bertz CT molecular complexity index is 955. The van der Waals surface area contributed by atoms with Gasteiger partial charge >= 0.3 is 5.91 Å². The number of hydrogen-bond donors (Lipinski definition) is 2. The number of hydrogen-bond acceptors (Lipinski definition) is 4. The van der Waals surface area contributed by atoms with Crippen molar-refractivity contribution in [1.29, 1.82) is 0 Å². The number of hydrazine groups is 1. The van der Waals surface area contributed by atoms with Crippen LogP contribution in [0.2, 0.25) is 0 Å². The number of aryl methyl sites for hydroxylation is 1. The summed E-state index contributed by atoms with van der Waals surface area (Å²) in [5, 5.41) is 0.648. The predicted octanol–water partition coefficient (Wildman–Crippen LogP) is 3.22. The molecule has 0 saturated carbocycles. The number of para-hydroxylation sites is 1. The zero-order chi connectivity index (χ0) is 17.4. The molecule has 3 aromatic rings. The number of nitrogens with one attached hydrogen (secondary N) is 2. The van der Waals surface area contributed by atoms with Crippen LogP contribution in [0.15, 0.2) is 57.8 Å². The summed E-state index contributed by atoms with van der Waals surface area (Å²) in [7, 11) is 0. The molecule has 0 saturated heterocycles. The first-order valence-electron chi connectivity index (χ1n) is 7.96. The van der Waals surface area contributed by atoms with Crippen LogP contribution in [0, 0.1) is 6.92 Å². The summed E-state index contributed by atoms with van der Waals surface area (Å²) in [5.74, 6) is -0.463. The molecule has 1 aliphatic heterocycles. The van der Waals surface area contributed by atoms with E-state index in [9.17, 15) is 9.59 Å². The quantitative estimate of drug-likeness (QED) is 0.695. The Morgan fingerprint density at radius 1 is 1.08 bits per heavy atom. The molecule has 1 atom stereocenters. The standard InChI is InChI=1S/C19H16N2O3S/c1-11-13-7-3-4-8-14(13)24-17(11)19(23)21-20-18(22)16-10-12-6-2-5-9-15(12)25-16/h2-9,16H,10H2,1H3,(H,20,22)(H,21,23). The van der Waals surface area contributed by atoms with Crippen molar-refractivity contribution in [3.8, 4) is 0 Å². The fourth-order valence-corrected chi connectivity index (χ4v) is 4.17. The van der Waals surface area contributed by atoms with Crippen molar-refractivity contribution >= 4 is 34.5 Å². The largest absolute Gasteiger partial charge is 0.451 e. The van der Waals surface area contributed by atoms with Crippen LogP contribution < -0.4 is 10.9 Å². The van der Waals surface area contributed by atoms with Gasteiger partial charge in [-0.15, -0.1) is 11.8 Å². The second-order valence-corrected chi connectivity index (χ2v) is 7.16. The molecule has 5 nitrogen and oxygen atoms in total. The first kappa shape index (κ1) is 15.8. The second kappa shape index (κ2) is 6.29. The fourth-order valence-electron chi connectivity index (χ4n) is 2.97. The van der Waals surface area contributed by atoms with Gasteiger partial charge in [0.25, 0.3) is 5.91 Å². The van der Waals surface area contributed by atoms with Gasteiger partial charge in [-0.3, -0.25) is 20.4 Å². The molecule has 4 rings (SSSR count). The Balaban J connectivity index is 1.42. The third kappa shape index (κ3) is 2.89. The Morgan fingerprint density at radius 3 is 2.64 bits per heavy atom. The summed E-state index contributed by atoms with van der Waals surface area (Å²) in [4.78, 5) is 25.8. The van der Waals surface area contributed by atoms with E-state index in [0.717, 1.165) is 21.4 Å².